The summed E-state index contributed by atoms with van der Waals surface area (Å²) in [7, 11) is 1.61. The summed E-state index contributed by atoms with van der Waals surface area (Å²) in [4.78, 5) is 2.36. The van der Waals surface area contributed by atoms with Crippen molar-refractivity contribution in [3.63, 3.8) is 0 Å². The van der Waals surface area contributed by atoms with Crippen LogP contribution >= 0.6 is 11.5 Å². The maximum Gasteiger partial charge on any atom is 0.272 e. The smallest absolute Gasteiger partial charge is 0.272 e. The minimum atomic E-state index is -2.83. The van der Waals surface area contributed by atoms with Crippen molar-refractivity contribution in [1.82, 2.24) is 14.5 Å². The second-order valence-electron chi connectivity index (χ2n) is 3.12. The number of nitrogens with two attached hydrogens (primary N) is 1. The van der Waals surface area contributed by atoms with Crippen molar-refractivity contribution in [3.8, 4) is 0 Å². The summed E-state index contributed by atoms with van der Waals surface area (Å²) in [5, 5.41) is 3.62. The topological polar surface area (TPSA) is 55.0 Å². The van der Waals surface area contributed by atoms with Crippen LogP contribution in [0.4, 0.5) is 8.78 Å². The number of rotatable bonds is 5. The molecule has 2 N–H and O–H groups in total. The molecule has 0 atom stereocenters. The second kappa shape index (κ2) is 4.72. The van der Waals surface area contributed by atoms with E-state index in [9.17, 15) is 8.78 Å². The Kier molecular flexibility index (Phi) is 3.85. The number of hydrogen-bond donors (Lipinski definition) is 1. The molecule has 0 bridgehead atoms. The van der Waals surface area contributed by atoms with Gasteiger partial charge in [-0.25, -0.2) is 8.78 Å². The van der Waals surface area contributed by atoms with E-state index in [0.29, 0.717) is 6.54 Å². The highest BCUT2D eigenvalue weighted by molar-refractivity contribution is 7.05. The number of halogens is 2. The first-order chi connectivity index (χ1) is 6.53. The first kappa shape index (κ1) is 11.4. The zero-order valence-corrected chi connectivity index (χ0v) is 8.60. The van der Waals surface area contributed by atoms with E-state index >= 15 is 0 Å². The van der Waals surface area contributed by atoms with Crippen LogP contribution in [0, 0.1) is 0 Å². The van der Waals surface area contributed by atoms with Crippen LogP contribution < -0.4 is 5.73 Å². The maximum absolute atomic E-state index is 12.8. The first-order valence-electron chi connectivity index (χ1n) is 4.06. The highest BCUT2D eigenvalue weighted by Gasteiger charge is 2.28. The van der Waals surface area contributed by atoms with E-state index in [1.54, 1.807) is 13.2 Å². The van der Waals surface area contributed by atoms with Gasteiger partial charge >= 0.3 is 0 Å². The Morgan fingerprint density at radius 1 is 1.64 bits per heavy atom. The molecule has 0 amide bonds. The lowest BCUT2D eigenvalue weighted by Gasteiger charge is -2.21. The summed E-state index contributed by atoms with van der Waals surface area (Å²) >= 11 is 1.21. The molecule has 1 aromatic heterocycles. The molecule has 0 radical (unpaired) electrons. The fourth-order valence-corrected chi connectivity index (χ4v) is 1.61. The molecular weight excluding hydrogens is 210 g/mol. The standard InChI is InChI=1S/C7H12F2N4S/c1-13(5-7(8,9)4-10)3-6-2-11-12-14-6/h2H,3-5,10H2,1H3. The summed E-state index contributed by atoms with van der Waals surface area (Å²) in [6, 6.07) is 0. The van der Waals surface area contributed by atoms with E-state index in [-0.39, 0.29) is 6.54 Å². The molecule has 1 aromatic rings. The summed E-state index contributed by atoms with van der Waals surface area (Å²) in [6.45, 7) is -0.549. The molecule has 4 nitrogen and oxygen atoms in total. The quantitative estimate of drug-likeness (QED) is 0.791. The molecule has 0 aromatic carbocycles. The highest BCUT2D eigenvalue weighted by atomic mass is 32.1. The average Bonchev–Trinajstić information content (AvgIpc) is 2.55. The summed E-state index contributed by atoms with van der Waals surface area (Å²) in [5.41, 5.74) is 4.93. The highest BCUT2D eigenvalue weighted by Crippen LogP contribution is 2.14. The minimum Gasteiger partial charge on any atom is -0.325 e. The van der Waals surface area contributed by atoms with Crippen molar-refractivity contribution in [2.45, 2.75) is 12.5 Å². The van der Waals surface area contributed by atoms with Crippen LogP contribution in [0.25, 0.3) is 0 Å². The summed E-state index contributed by atoms with van der Waals surface area (Å²) in [5.74, 6) is -2.83. The molecule has 0 unspecified atom stereocenters. The third-order valence-corrected chi connectivity index (χ3v) is 2.28. The number of nitrogens with zero attached hydrogens (tertiary/aromatic N) is 3. The van der Waals surface area contributed by atoms with Gasteiger partial charge < -0.3 is 5.73 Å². The Morgan fingerprint density at radius 3 is 2.86 bits per heavy atom. The molecule has 0 spiro atoms. The van der Waals surface area contributed by atoms with Gasteiger partial charge in [0.05, 0.1) is 24.2 Å². The van der Waals surface area contributed by atoms with Crippen LogP contribution in [0.1, 0.15) is 4.88 Å². The Labute approximate surface area is 84.9 Å². The number of alkyl halides is 2. The van der Waals surface area contributed by atoms with Gasteiger partial charge in [0, 0.05) is 6.54 Å². The fraction of sp³-hybridized carbons (Fsp3) is 0.714. The Morgan fingerprint density at radius 2 is 2.36 bits per heavy atom. The largest absolute Gasteiger partial charge is 0.325 e. The Bertz CT molecular complexity index is 265. The molecule has 0 aliphatic carbocycles. The number of aromatic nitrogens is 2. The second-order valence-corrected chi connectivity index (χ2v) is 3.99. The molecule has 80 valence electrons. The van der Waals surface area contributed by atoms with Crippen LogP contribution in [0.3, 0.4) is 0 Å². The average molecular weight is 222 g/mol. The van der Waals surface area contributed by atoms with E-state index < -0.39 is 12.5 Å². The molecule has 1 heterocycles. The predicted octanol–water partition coefficient (Wildman–Crippen LogP) is 0.564. The van der Waals surface area contributed by atoms with Crippen LogP contribution in [0.5, 0.6) is 0 Å². The first-order valence-corrected chi connectivity index (χ1v) is 4.83. The van der Waals surface area contributed by atoms with Crippen LogP contribution in [-0.2, 0) is 6.54 Å². The molecule has 0 aliphatic rings. The van der Waals surface area contributed by atoms with E-state index in [0.717, 1.165) is 4.88 Å². The lowest BCUT2D eigenvalue weighted by molar-refractivity contribution is -0.0189. The van der Waals surface area contributed by atoms with Gasteiger partial charge in [-0.15, -0.1) is 5.10 Å². The normalized spacial score (nSPS) is 12.4. The SMILES string of the molecule is CN(Cc1cnns1)CC(F)(F)CN. The Hall–Kier alpha value is -0.660. The predicted molar refractivity (Wildman–Crippen MR) is 50.2 cm³/mol. The van der Waals surface area contributed by atoms with E-state index in [4.69, 9.17) is 5.73 Å². The van der Waals surface area contributed by atoms with Crippen LogP contribution in [0.2, 0.25) is 0 Å². The van der Waals surface area contributed by atoms with Crippen molar-refractivity contribution in [1.29, 1.82) is 0 Å². The minimum absolute atomic E-state index is 0.346. The van der Waals surface area contributed by atoms with Gasteiger partial charge in [0.15, 0.2) is 0 Å². The molecule has 14 heavy (non-hydrogen) atoms. The van der Waals surface area contributed by atoms with E-state index in [1.165, 1.54) is 16.4 Å². The van der Waals surface area contributed by atoms with Crippen molar-refractivity contribution in [2.24, 2.45) is 5.73 Å². The molecular formula is C7H12F2N4S. The Balaban J connectivity index is 2.40. The molecule has 7 heteroatoms. The third-order valence-electron chi connectivity index (χ3n) is 1.63. The zero-order valence-electron chi connectivity index (χ0n) is 7.78. The van der Waals surface area contributed by atoms with Crippen molar-refractivity contribution >= 4 is 11.5 Å². The van der Waals surface area contributed by atoms with Gasteiger partial charge in [0.2, 0.25) is 0 Å². The molecule has 0 aliphatic heterocycles. The zero-order chi connectivity index (χ0) is 10.6. The van der Waals surface area contributed by atoms with Gasteiger partial charge in [-0.3, -0.25) is 4.90 Å². The summed E-state index contributed by atoms with van der Waals surface area (Å²) in [6.07, 6.45) is 1.57. The van der Waals surface area contributed by atoms with Crippen molar-refractivity contribution in [3.05, 3.63) is 11.1 Å². The molecule has 0 fully saturated rings. The van der Waals surface area contributed by atoms with Gasteiger partial charge in [-0.2, -0.15) is 0 Å². The van der Waals surface area contributed by atoms with Crippen molar-refractivity contribution < 1.29 is 8.78 Å². The van der Waals surface area contributed by atoms with Gasteiger partial charge in [0.1, 0.15) is 0 Å². The molecule has 1 rings (SSSR count). The van der Waals surface area contributed by atoms with Gasteiger partial charge in [-0.05, 0) is 18.6 Å². The van der Waals surface area contributed by atoms with E-state index in [1.807, 2.05) is 0 Å². The third kappa shape index (κ3) is 3.60. The lowest BCUT2D eigenvalue weighted by atomic mass is 10.3. The van der Waals surface area contributed by atoms with Crippen LogP contribution in [0.15, 0.2) is 6.20 Å². The van der Waals surface area contributed by atoms with Gasteiger partial charge in [0.25, 0.3) is 5.92 Å². The monoisotopic (exact) mass is 222 g/mol. The molecule has 0 saturated carbocycles. The number of hydrogen-bond acceptors (Lipinski definition) is 5. The maximum atomic E-state index is 12.8. The lowest BCUT2D eigenvalue weighted by Crippen LogP contribution is -2.39. The van der Waals surface area contributed by atoms with Crippen LogP contribution in [-0.4, -0.2) is 40.5 Å². The molecule has 0 saturated heterocycles. The fourth-order valence-electron chi connectivity index (χ4n) is 1.04. The summed E-state index contributed by atoms with van der Waals surface area (Å²) < 4.78 is 29.3. The van der Waals surface area contributed by atoms with E-state index in [2.05, 4.69) is 9.59 Å². The van der Waals surface area contributed by atoms with Crippen molar-refractivity contribution in [2.75, 3.05) is 20.1 Å². The van der Waals surface area contributed by atoms with Gasteiger partial charge in [-0.1, -0.05) is 4.49 Å².